The summed E-state index contributed by atoms with van der Waals surface area (Å²) in [7, 11) is -26.0. The lowest BCUT2D eigenvalue weighted by molar-refractivity contribution is 0.0230. The lowest BCUT2D eigenvalue weighted by Crippen LogP contribution is -2.76. The second kappa shape index (κ2) is 65.1. The fourth-order valence-electron chi connectivity index (χ4n) is 17.0. The van der Waals surface area contributed by atoms with E-state index in [0.717, 1.165) is 107 Å². The molecule has 3 fully saturated rings. The average molecular weight is 2110 g/mol. The number of alkyl carbamates (subject to hydrolysis) is 1. The summed E-state index contributed by atoms with van der Waals surface area (Å²) in [6.45, 7) is 31.7. The van der Waals surface area contributed by atoms with E-state index < -0.39 is 86.5 Å². The molecule has 6 atom stereocenters. The fraction of sp³-hybridized carbons (Fsp3) is 0.587. The van der Waals surface area contributed by atoms with Gasteiger partial charge in [-0.25, -0.2) is 4.79 Å². The van der Waals surface area contributed by atoms with Crippen LogP contribution in [0, 0.1) is 0 Å². The number of carbonyl (C=O) groups excluding carboxylic acids is 1. The lowest BCUT2D eigenvalue weighted by atomic mass is 10.1. The van der Waals surface area contributed by atoms with Crippen LogP contribution in [0.1, 0.15) is 180 Å². The number of nitrogens with one attached hydrogen (secondary N) is 1. The second-order valence-electron chi connectivity index (χ2n) is 37.2. The first kappa shape index (κ1) is 116. The van der Waals surface area contributed by atoms with Gasteiger partial charge in [0, 0.05) is 18.8 Å². The van der Waals surface area contributed by atoms with E-state index in [1.165, 1.54) is 135 Å². The highest BCUT2D eigenvalue weighted by Gasteiger charge is 2.68. The zero-order valence-corrected chi connectivity index (χ0v) is 96.3. The number of hydrogen-bond donors (Lipinski definition) is 1. The minimum Gasteiger partial charge on any atom is -0.494 e. The van der Waals surface area contributed by atoms with Crippen LogP contribution in [-0.4, -0.2) is 232 Å². The van der Waals surface area contributed by atoms with Crippen LogP contribution in [-0.2, 0) is 80.9 Å². The van der Waals surface area contributed by atoms with Gasteiger partial charge in [-0.3, -0.25) is 0 Å². The second-order valence-corrected chi connectivity index (χ2v) is 63.9. The molecule has 6 unspecified atom stereocenters. The number of carbonyl (C=O) groups is 1. The van der Waals surface area contributed by atoms with Gasteiger partial charge in [0.25, 0.3) is 0 Å². The molecule has 1 amide bonds. The van der Waals surface area contributed by atoms with Crippen molar-refractivity contribution in [1.82, 2.24) is 5.32 Å². The fourth-order valence-corrected chi connectivity index (χ4v) is 62.8. The van der Waals surface area contributed by atoms with Crippen molar-refractivity contribution in [2.75, 3.05) is 145 Å². The molecule has 3 aliphatic rings. The van der Waals surface area contributed by atoms with Crippen molar-refractivity contribution in [3.05, 3.63) is 163 Å². The first-order valence-corrected chi connectivity index (χ1v) is 72.5. The Labute approximate surface area is 853 Å². The smallest absolute Gasteiger partial charge is 0.494 e. The highest BCUT2D eigenvalue weighted by atomic mass is 28.6. The standard InChI is InChI=1S/C104H165NO27Si9/c1-13-16-19-22-25-28-31-34-62-113-95-49-37-89(38-50-95)92-43-55-98(56-44-92)116-77-71-107-65-68-110-74-80-119-101-84-88(86-122-104(106)105-61-83-133-123-141-127-135(5)125-137(8,9)129-139(11,131-141)87-138(10)128-136(6,7)124-134(4)126-140(12,130-138)132-141)85-102(120-81-75-111-69-66-108-72-78-117-99-57-45-93(46-58-99)90-39-51-96(52-40-90)114-63-35-32-29-26-23-20-17-14-2)103(101)121-82-76-112-70-67-109-73-79-118-100-59-47-94(48-60-100)91-41-53-97(54-42-91)115-64-36-33-30-27-24-21-18-15-3/h37-60,84-85,134-135H,13-36,61-83,86-87,133H2,1-12H3,(H,105,106). The van der Waals surface area contributed by atoms with Crippen LogP contribution in [0.4, 0.5) is 4.79 Å². The van der Waals surface area contributed by atoms with Gasteiger partial charge >= 0.3 is 76.8 Å². The normalized spacial score (nSPS) is 19.4. The molecule has 0 saturated carbocycles. The predicted octanol–water partition coefficient (Wildman–Crippen LogP) is 22.4. The Kier molecular flexibility index (Phi) is 53.7. The van der Waals surface area contributed by atoms with Gasteiger partial charge in [-0.15, -0.1) is 0 Å². The lowest BCUT2D eigenvalue weighted by Gasteiger charge is -2.53. The van der Waals surface area contributed by atoms with Crippen LogP contribution in [0.5, 0.6) is 51.7 Å². The zero-order valence-electron chi connectivity index (χ0n) is 86.5. The Balaban J connectivity index is 0.719. The van der Waals surface area contributed by atoms with Crippen LogP contribution in [0.15, 0.2) is 158 Å². The molecule has 10 rings (SSSR count). The first-order valence-electron chi connectivity index (χ1n) is 52.2. The Morgan fingerprint density at radius 3 is 0.936 bits per heavy atom. The van der Waals surface area contributed by atoms with Crippen LogP contribution in [0.2, 0.25) is 70.6 Å². The third-order valence-electron chi connectivity index (χ3n) is 23.5. The summed E-state index contributed by atoms with van der Waals surface area (Å²) in [5.41, 5.74) is 7.53. The maximum Gasteiger partial charge on any atom is 0.642 e. The van der Waals surface area contributed by atoms with Crippen molar-refractivity contribution in [1.29, 1.82) is 0 Å². The van der Waals surface area contributed by atoms with Crippen molar-refractivity contribution >= 4 is 86.5 Å². The number of rotatable bonds is 73. The monoisotopic (exact) mass is 2110 g/mol. The summed E-state index contributed by atoms with van der Waals surface area (Å²) in [6, 6.07) is 53.0. The molecule has 3 aliphatic heterocycles. The van der Waals surface area contributed by atoms with E-state index in [1.54, 1.807) is 12.1 Å². The van der Waals surface area contributed by atoms with Crippen LogP contribution >= 0.6 is 0 Å². The molecule has 0 aromatic heterocycles. The van der Waals surface area contributed by atoms with E-state index in [-0.39, 0.29) is 52.8 Å². The molecule has 37 heteroatoms. The Hall–Kier alpha value is -6.68. The molecular weight excluding hydrogens is 1950 g/mol. The van der Waals surface area contributed by atoms with Gasteiger partial charge in [-0.1, -0.05) is 228 Å². The molecule has 7 aromatic rings. The van der Waals surface area contributed by atoms with E-state index in [1.807, 2.05) is 132 Å². The quantitative estimate of drug-likeness (QED) is 0.0274. The van der Waals surface area contributed by atoms with Gasteiger partial charge in [0.05, 0.1) is 99.1 Å². The van der Waals surface area contributed by atoms with Gasteiger partial charge in [0.15, 0.2) is 21.3 Å². The number of fused-ring (bicyclic) bond motifs is 4. The highest BCUT2D eigenvalue weighted by molar-refractivity contribution is 7.00. The third kappa shape index (κ3) is 46.1. The summed E-state index contributed by atoms with van der Waals surface area (Å²) in [5, 5.41) is 2.92. The van der Waals surface area contributed by atoms with Gasteiger partial charge < -0.3 is 122 Å². The molecule has 141 heavy (non-hydrogen) atoms. The van der Waals surface area contributed by atoms with Crippen LogP contribution in [0.3, 0.4) is 0 Å². The number of benzene rings is 7. The topological polar surface area (TPSA) is 269 Å². The Morgan fingerprint density at radius 2 is 0.603 bits per heavy atom. The van der Waals surface area contributed by atoms with Crippen molar-refractivity contribution < 1.29 is 122 Å². The molecule has 3 heterocycles. The molecule has 784 valence electrons. The SMILES string of the molecule is CCCCCCCCCCOc1ccc(-c2ccc(OCCOCCOCCOc3cc(COC(=O)NCC[SiH2]O[Si]45O[SiH](C)O[Si](C)(C)O[Si](C)(C[Si]6(C)O[Si](C)(C)O[SiH](C)O[Si](C)(O6)O4)O5)cc(OCCOCCOCCOc4ccc(-c5ccc(OCCCCCCCCCC)cc5)cc4)c3OCCOCCOCCOc3ccc(-c4ccc(OCCCCCCCCCC)cc4)cc3)cc2)cc1. The van der Waals surface area contributed by atoms with Crippen molar-refractivity contribution in [2.24, 2.45) is 0 Å². The first-order chi connectivity index (χ1) is 68.5. The highest BCUT2D eigenvalue weighted by Crippen LogP contribution is 2.44. The van der Waals surface area contributed by atoms with Gasteiger partial charge in [0.1, 0.15) is 80.7 Å². The van der Waals surface area contributed by atoms with Crippen LogP contribution in [0.25, 0.3) is 33.4 Å². The van der Waals surface area contributed by atoms with E-state index >= 15 is 0 Å². The minimum absolute atomic E-state index is 0.111. The number of hydrogen-bond acceptors (Lipinski definition) is 27. The maximum atomic E-state index is 13.8. The molecule has 0 aliphatic carbocycles. The number of amides is 1. The molecule has 3 saturated heterocycles. The summed E-state index contributed by atoms with van der Waals surface area (Å²) in [6.07, 6.45) is 29.8. The van der Waals surface area contributed by atoms with E-state index in [4.69, 9.17) is 117 Å². The van der Waals surface area contributed by atoms with E-state index in [0.29, 0.717) is 114 Å². The summed E-state index contributed by atoms with van der Waals surface area (Å²) < 4.78 is 166. The molecule has 0 spiro atoms. The van der Waals surface area contributed by atoms with Crippen LogP contribution < -0.4 is 47.9 Å². The minimum atomic E-state index is -4.10. The molecule has 1 N–H and O–H groups in total. The van der Waals surface area contributed by atoms with Crippen molar-refractivity contribution in [3.8, 4) is 85.1 Å². The largest absolute Gasteiger partial charge is 0.642 e. The number of ether oxygens (including phenoxy) is 16. The van der Waals surface area contributed by atoms with Crippen molar-refractivity contribution in [3.63, 3.8) is 0 Å². The molecule has 7 aromatic carbocycles. The maximum absolute atomic E-state index is 13.8. The van der Waals surface area contributed by atoms with E-state index in [9.17, 15) is 4.79 Å². The van der Waals surface area contributed by atoms with Crippen molar-refractivity contribution in [2.45, 2.75) is 252 Å². The van der Waals surface area contributed by atoms with Gasteiger partial charge in [-0.2, -0.15) is 0 Å². The van der Waals surface area contributed by atoms with Gasteiger partial charge in [0.2, 0.25) is 5.75 Å². The van der Waals surface area contributed by atoms with Gasteiger partial charge in [-0.05, 0) is 202 Å². The summed E-state index contributed by atoms with van der Waals surface area (Å²) in [4.78, 5) is 13.8. The third-order valence-corrected chi connectivity index (χ3v) is 60.0. The molecule has 4 bridgehead atoms. The Morgan fingerprint density at radius 1 is 0.319 bits per heavy atom. The molecule has 28 nitrogen and oxygen atoms in total. The average Bonchev–Trinajstić information content (AvgIpc) is 0.735. The van der Waals surface area contributed by atoms with E-state index in [2.05, 4.69) is 98.9 Å². The Bertz CT molecular complexity index is 4380. The molecule has 0 radical (unpaired) electrons. The number of unbranched alkanes of at least 4 members (excludes halogenated alkanes) is 21. The predicted molar refractivity (Wildman–Crippen MR) is 573 cm³/mol. The summed E-state index contributed by atoms with van der Waals surface area (Å²) in [5.74, 6) is 5.86. The summed E-state index contributed by atoms with van der Waals surface area (Å²) >= 11 is 0. The zero-order chi connectivity index (χ0) is 99.8. The molecular formula is C104H165NO27Si9.